The average Bonchev–Trinajstić information content (AvgIpc) is 2.63. The first kappa shape index (κ1) is 17.6. The van der Waals surface area contributed by atoms with E-state index in [0.29, 0.717) is 11.7 Å². The lowest BCUT2D eigenvalue weighted by Crippen LogP contribution is -2.51. The maximum atomic E-state index is 11.1. The van der Waals surface area contributed by atoms with E-state index in [1.165, 1.54) is 16.7 Å². The molecule has 2 aromatic carbocycles. The minimum Gasteiger partial charge on any atom is -0.508 e. The van der Waals surface area contributed by atoms with Crippen molar-refractivity contribution in [2.75, 3.05) is 0 Å². The smallest absolute Gasteiger partial charge is 0.115 e. The molecule has 0 aromatic heterocycles. The SMILES string of the molecule is CCCC1(O)CCC2(Cc3ccccc3)c3ccc(O)cc3CCC2C1. The highest BCUT2D eigenvalue weighted by molar-refractivity contribution is 5.44. The van der Waals surface area contributed by atoms with E-state index in [1.807, 2.05) is 12.1 Å². The van der Waals surface area contributed by atoms with Crippen molar-refractivity contribution in [3.63, 3.8) is 0 Å². The molecule has 0 bridgehead atoms. The largest absolute Gasteiger partial charge is 0.508 e. The Morgan fingerprint density at radius 3 is 2.65 bits per heavy atom. The van der Waals surface area contributed by atoms with E-state index in [9.17, 15) is 10.2 Å². The highest BCUT2D eigenvalue weighted by atomic mass is 16.3. The first-order valence-electron chi connectivity index (χ1n) is 10.1. The van der Waals surface area contributed by atoms with Crippen LogP contribution in [0.5, 0.6) is 5.75 Å². The van der Waals surface area contributed by atoms with Gasteiger partial charge in [0.2, 0.25) is 0 Å². The maximum absolute atomic E-state index is 11.1. The molecule has 2 aliphatic rings. The third-order valence-corrected chi connectivity index (χ3v) is 6.91. The topological polar surface area (TPSA) is 40.5 Å². The van der Waals surface area contributed by atoms with Crippen molar-refractivity contribution in [3.8, 4) is 5.75 Å². The number of hydrogen-bond acceptors (Lipinski definition) is 2. The van der Waals surface area contributed by atoms with Gasteiger partial charge in [-0.25, -0.2) is 0 Å². The Labute approximate surface area is 156 Å². The lowest BCUT2D eigenvalue weighted by Gasteiger charge is -2.53. The van der Waals surface area contributed by atoms with Crippen molar-refractivity contribution in [3.05, 3.63) is 65.2 Å². The molecule has 1 fully saturated rings. The normalized spacial score (nSPS) is 30.5. The number of fused-ring (bicyclic) bond motifs is 3. The van der Waals surface area contributed by atoms with Gasteiger partial charge in [0.1, 0.15) is 5.75 Å². The first-order chi connectivity index (χ1) is 12.5. The first-order valence-corrected chi connectivity index (χ1v) is 10.1. The molecule has 0 amide bonds. The van der Waals surface area contributed by atoms with Crippen LogP contribution in [0.4, 0.5) is 0 Å². The van der Waals surface area contributed by atoms with Crippen molar-refractivity contribution in [2.45, 2.75) is 69.3 Å². The van der Waals surface area contributed by atoms with Crippen LogP contribution in [0.1, 0.15) is 62.1 Å². The second kappa shape index (κ2) is 6.74. The molecule has 138 valence electrons. The van der Waals surface area contributed by atoms with Gasteiger partial charge in [0.15, 0.2) is 0 Å². The predicted molar refractivity (Wildman–Crippen MR) is 105 cm³/mol. The Hall–Kier alpha value is -1.80. The fourth-order valence-electron chi connectivity index (χ4n) is 5.73. The number of phenols is 1. The van der Waals surface area contributed by atoms with Crippen molar-refractivity contribution in [2.24, 2.45) is 5.92 Å². The zero-order valence-electron chi connectivity index (χ0n) is 15.7. The zero-order chi connectivity index (χ0) is 18.2. The Kier molecular flexibility index (Phi) is 4.56. The summed E-state index contributed by atoms with van der Waals surface area (Å²) in [5.74, 6) is 0.875. The molecular weight excluding hydrogens is 320 g/mol. The van der Waals surface area contributed by atoms with Gasteiger partial charge in [-0.2, -0.15) is 0 Å². The highest BCUT2D eigenvalue weighted by Gasteiger charge is 2.51. The van der Waals surface area contributed by atoms with E-state index >= 15 is 0 Å². The number of aliphatic hydroxyl groups is 1. The molecule has 26 heavy (non-hydrogen) atoms. The summed E-state index contributed by atoms with van der Waals surface area (Å²) in [6, 6.07) is 16.7. The Balaban J connectivity index is 1.76. The third kappa shape index (κ3) is 3.05. The summed E-state index contributed by atoms with van der Waals surface area (Å²) in [4.78, 5) is 0. The van der Waals surface area contributed by atoms with Gasteiger partial charge in [-0.3, -0.25) is 0 Å². The molecule has 2 heteroatoms. The molecule has 2 aromatic rings. The van der Waals surface area contributed by atoms with Crippen molar-refractivity contribution in [1.29, 1.82) is 0 Å². The Bertz CT molecular complexity index is 769. The minimum atomic E-state index is -0.492. The second-order valence-corrected chi connectivity index (χ2v) is 8.57. The molecule has 0 radical (unpaired) electrons. The quantitative estimate of drug-likeness (QED) is 0.800. The highest BCUT2D eigenvalue weighted by Crippen LogP contribution is 2.55. The molecule has 1 saturated carbocycles. The summed E-state index contributed by atoms with van der Waals surface area (Å²) in [5.41, 5.74) is 3.68. The minimum absolute atomic E-state index is 0.0859. The van der Waals surface area contributed by atoms with E-state index in [4.69, 9.17) is 0 Å². The molecule has 0 aliphatic heterocycles. The molecule has 0 saturated heterocycles. The molecular formula is C24H30O2. The molecule has 2 aliphatic carbocycles. The standard InChI is InChI=1S/C24H30O2/c1-2-12-23(26)13-14-24(16-18-6-4-3-5-7-18)20(17-23)9-8-19-15-21(25)10-11-22(19)24/h3-7,10-11,15,20,25-26H,2,8-9,12-14,16-17H2,1H3. The van der Waals surface area contributed by atoms with Gasteiger partial charge in [-0.05, 0) is 79.7 Å². The number of aromatic hydroxyl groups is 1. The van der Waals surface area contributed by atoms with E-state index in [0.717, 1.165) is 51.4 Å². The Morgan fingerprint density at radius 2 is 1.88 bits per heavy atom. The van der Waals surface area contributed by atoms with Gasteiger partial charge in [-0.1, -0.05) is 49.7 Å². The van der Waals surface area contributed by atoms with E-state index < -0.39 is 5.60 Å². The molecule has 0 spiro atoms. The number of hydrogen-bond donors (Lipinski definition) is 2. The van der Waals surface area contributed by atoms with Crippen LogP contribution in [0.2, 0.25) is 0 Å². The predicted octanol–water partition coefficient (Wildman–Crippen LogP) is 5.15. The summed E-state index contributed by atoms with van der Waals surface area (Å²) in [6.07, 6.45) is 7.91. The number of phenolic OH excluding ortho intramolecular Hbond substituents is 1. The molecule has 3 atom stereocenters. The van der Waals surface area contributed by atoms with E-state index in [2.05, 4.69) is 43.3 Å². The number of benzene rings is 2. The fraction of sp³-hybridized carbons (Fsp3) is 0.500. The molecule has 2 N–H and O–H groups in total. The van der Waals surface area contributed by atoms with Crippen molar-refractivity contribution >= 4 is 0 Å². The van der Waals surface area contributed by atoms with Crippen LogP contribution >= 0.6 is 0 Å². The van der Waals surface area contributed by atoms with E-state index in [-0.39, 0.29) is 5.41 Å². The van der Waals surface area contributed by atoms with Gasteiger partial charge in [0, 0.05) is 5.41 Å². The zero-order valence-corrected chi connectivity index (χ0v) is 15.7. The van der Waals surface area contributed by atoms with Crippen LogP contribution in [-0.4, -0.2) is 15.8 Å². The van der Waals surface area contributed by atoms with Crippen LogP contribution in [0.25, 0.3) is 0 Å². The lowest BCUT2D eigenvalue weighted by atomic mass is 9.52. The summed E-state index contributed by atoms with van der Waals surface area (Å²) < 4.78 is 0. The summed E-state index contributed by atoms with van der Waals surface area (Å²) >= 11 is 0. The Morgan fingerprint density at radius 1 is 1.08 bits per heavy atom. The van der Waals surface area contributed by atoms with Crippen molar-refractivity contribution < 1.29 is 10.2 Å². The van der Waals surface area contributed by atoms with Crippen LogP contribution < -0.4 is 0 Å². The lowest BCUT2D eigenvalue weighted by molar-refractivity contribution is -0.0565. The fourth-order valence-corrected chi connectivity index (χ4v) is 5.73. The van der Waals surface area contributed by atoms with Gasteiger partial charge in [-0.15, -0.1) is 0 Å². The number of rotatable bonds is 4. The van der Waals surface area contributed by atoms with Crippen LogP contribution in [0.15, 0.2) is 48.5 Å². The maximum Gasteiger partial charge on any atom is 0.115 e. The van der Waals surface area contributed by atoms with Gasteiger partial charge < -0.3 is 10.2 Å². The van der Waals surface area contributed by atoms with Gasteiger partial charge in [0.25, 0.3) is 0 Å². The molecule has 0 heterocycles. The van der Waals surface area contributed by atoms with Gasteiger partial charge >= 0.3 is 0 Å². The summed E-state index contributed by atoms with van der Waals surface area (Å²) in [7, 11) is 0. The van der Waals surface area contributed by atoms with Gasteiger partial charge in [0.05, 0.1) is 5.60 Å². The van der Waals surface area contributed by atoms with E-state index in [1.54, 1.807) is 0 Å². The number of aryl methyl sites for hydroxylation is 1. The monoisotopic (exact) mass is 350 g/mol. The van der Waals surface area contributed by atoms with Crippen LogP contribution in [0.3, 0.4) is 0 Å². The summed E-state index contributed by atoms with van der Waals surface area (Å²) in [5, 5.41) is 21.1. The average molecular weight is 351 g/mol. The molecule has 4 rings (SSSR count). The molecule has 3 unspecified atom stereocenters. The second-order valence-electron chi connectivity index (χ2n) is 8.57. The third-order valence-electron chi connectivity index (χ3n) is 6.91. The molecule has 2 nitrogen and oxygen atoms in total. The van der Waals surface area contributed by atoms with Crippen LogP contribution in [0, 0.1) is 5.92 Å². The van der Waals surface area contributed by atoms with Crippen molar-refractivity contribution in [1.82, 2.24) is 0 Å². The summed E-state index contributed by atoms with van der Waals surface area (Å²) in [6.45, 7) is 2.17. The van der Waals surface area contributed by atoms with Crippen LogP contribution in [-0.2, 0) is 18.3 Å².